The number of rotatable bonds is 4. The second-order valence-electron chi connectivity index (χ2n) is 1.61. The van der Waals surface area contributed by atoms with E-state index < -0.39 is 23.5 Å². The summed E-state index contributed by atoms with van der Waals surface area (Å²) >= 11 is 0. The molecule has 0 amide bonds. The van der Waals surface area contributed by atoms with Crippen molar-refractivity contribution >= 4 is 23.5 Å². The third-order valence-electron chi connectivity index (χ3n) is 0.419. The van der Waals surface area contributed by atoms with Gasteiger partial charge in [0.25, 0.3) is 0 Å². The first-order valence-electron chi connectivity index (χ1n) is 2.28. The Balaban J connectivity index is -0.000000240. The predicted octanol–water partition coefficient (Wildman–Crippen LogP) is -3.58. The largest absolute Gasteiger partial charge is 1.00 e. The Hall–Kier alpha value is 1.93. The minimum absolute atomic E-state index is 0. The van der Waals surface area contributed by atoms with Crippen LogP contribution in [0.4, 0.5) is 0 Å². The summed E-state index contributed by atoms with van der Waals surface area (Å²) in [5, 5.41) is 0. The second-order valence-corrected chi connectivity index (χ2v) is 5.82. The molecule has 0 aliphatic heterocycles. The van der Waals surface area contributed by atoms with Gasteiger partial charge in [0.05, 0.1) is 0 Å². The van der Waals surface area contributed by atoms with Gasteiger partial charge < -0.3 is 25.9 Å². The molecule has 0 radical (unpaired) electrons. The fourth-order valence-electron chi connectivity index (χ4n) is 0.284. The Bertz CT molecular complexity index is 288. The zero-order chi connectivity index (χ0) is 10.9. The van der Waals surface area contributed by atoms with Gasteiger partial charge in [-0.05, 0) is 0 Å². The molecule has 0 heterocycles. The molecule has 5 N–H and O–H groups in total. The zero-order valence-corrected chi connectivity index (χ0v) is 12.8. The minimum atomic E-state index is -5.46. The molecule has 0 aliphatic rings. The van der Waals surface area contributed by atoms with Crippen LogP contribution in [0, 0.1) is 0 Å². The molecule has 0 aromatic carbocycles. The van der Waals surface area contributed by atoms with Gasteiger partial charge in [-0.3, -0.25) is 0 Å². The number of phosphoric acid groups is 3. The molecule has 15 heteroatoms. The van der Waals surface area contributed by atoms with Crippen LogP contribution in [0.3, 0.4) is 0 Å². The van der Waals surface area contributed by atoms with E-state index in [9.17, 15) is 13.7 Å². The summed E-state index contributed by atoms with van der Waals surface area (Å²) in [6.07, 6.45) is 0. The molecule has 10 nitrogen and oxygen atoms in total. The van der Waals surface area contributed by atoms with Gasteiger partial charge in [-0.1, -0.05) is 0 Å². The molecule has 0 bridgehead atoms. The fourth-order valence-corrected chi connectivity index (χ4v) is 2.82. The van der Waals surface area contributed by atoms with Crippen LogP contribution in [0.15, 0.2) is 0 Å². The molecule has 0 atom stereocenters. The Labute approximate surface area is 118 Å². The van der Waals surface area contributed by atoms with Crippen molar-refractivity contribution in [1.29, 1.82) is 0 Å². The SMILES string of the molecule is O=P(O)(O)OP(=O)(O)OP(=O)(O)O.[Fe].[H-].[Na+]. The molecule has 0 aromatic rings. The van der Waals surface area contributed by atoms with E-state index in [1.165, 1.54) is 0 Å². The van der Waals surface area contributed by atoms with Crippen LogP contribution in [0.5, 0.6) is 0 Å². The van der Waals surface area contributed by atoms with E-state index in [-0.39, 0.29) is 48.1 Å². The standard InChI is InChI=1S/Fe.Na.H5O10P3.H/c;;1-11(2,3)9-13(7,8)10-12(4,5)6;/h;;(H,7,8)(H2,1,2,3)(H2,4,5,6);/q;+1;;-1. The van der Waals surface area contributed by atoms with Crippen molar-refractivity contribution in [3.05, 3.63) is 0 Å². The number of hydrogen-bond donors (Lipinski definition) is 5. The average Bonchev–Trinajstić information content (AvgIpc) is 1.43. The second kappa shape index (κ2) is 7.38. The maximum Gasteiger partial charge on any atom is 1.00 e. The predicted molar refractivity (Wildman–Crippen MR) is 37.2 cm³/mol. The Morgan fingerprint density at radius 2 is 1.00 bits per heavy atom. The van der Waals surface area contributed by atoms with Gasteiger partial charge >= 0.3 is 53.0 Å². The summed E-state index contributed by atoms with van der Waals surface area (Å²) in [6, 6.07) is 0. The molecule has 90 valence electrons. The van der Waals surface area contributed by atoms with Crippen molar-refractivity contribution in [2.24, 2.45) is 0 Å². The molecule has 0 unspecified atom stereocenters. The van der Waals surface area contributed by atoms with E-state index in [1.807, 2.05) is 0 Å². The molecule has 0 aromatic heterocycles. The monoisotopic (exact) mass is 338 g/mol. The molecular formula is H6FeNaO10P3. The first kappa shape index (κ1) is 22.1. The van der Waals surface area contributed by atoms with Crippen molar-refractivity contribution in [2.45, 2.75) is 0 Å². The summed E-state index contributed by atoms with van der Waals surface area (Å²) in [6.45, 7) is 0. The van der Waals surface area contributed by atoms with Gasteiger partial charge in [-0.25, -0.2) is 13.7 Å². The quantitative estimate of drug-likeness (QED) is 0.255. The van der Waals surface area contributed by atoms with Gasteiger partial charge in [0.1, 0.15) is 0 Å². The van der Waals surface area contributed by atoms with E-state index >= 15 is 0 Å². The summed E-state index contributed by atoms with van der Waals surface area (Å²) in [5.41, 5.74) is 0. The van der Waals surface area contributed by atoms with Crippen molar-refractivity contribution < 1.29 is 94.8 Å². The normalized spacial score (nSPS) is 12.6. The molecule has 0 aliphatic carbocycles. The van der Waals surface area contributed by atoms with Crippen molar-refractivity contribution in [3.63, 3.8) is 0 Å². The topological polar surface area (TPSA) is 171 Å². The molecule has 0 saturated carbocycles. The summed E-state index contributed by atoms with van der Waals surface area (Å²) in [4.78, 5) is 40.2. The van der Waals surface area contributed by atoms with Crippen LogP contribution >= 0.6 is 23.5 Å². The van der Waals surface area contributed by atoms with Crippen LogP contribution < -0.4 is 29.6 Å². The summed E-state index contributed by atoms with van der Waals surface area (Å²) < 4.78 is 36.4. The number of hydrogen-bond acceptors (Lipinski definition) is 5. The van der Waals surface area contributed by atoms with Crippen molar-refractivity contribution in [2.75, 3.05) is 0 Å². The molecular weight excluding hydrogens is 332 g/mol. The van der Waals surface area contributed by atoms with Crippen molar-refractivity contribution in [1.82, 2.24) is 0 Å². The van der Waals surface area contributed by atoms with Gasteiger partial charge in [0.15, 0.2) is 0 Å². The van der Waals surface area contributed by atoms with Crippen LogP contribution in [-0.2, 0) is 39.4 Å². The van der Waals surface area contributed by atoms with Crippen molar-refractivity contribution in [3.8, 4) is 0 Å². The third-order valence-corrected chi connectivity index (χ3v) is 3.77. The van der Waals surface area contributed by atoms with Crippen LogP contribution in [-0.4, -0.2) is 24.5 Å². The summed E-state index contributed by atoms with van der Waals surface area (Å²) in [7, 11) is -16.2. The summed E-state index contributed by atoms with van der Waals surface area (Å²) in [5.74, 6) is 0. The zero-order valence-electron chi connectivity index (χ0n) is 7.97. The fraction of sp³-hybridized carbons (Fsp3) is 0. The Morgan fingerprint density at radius 3 is 1.13 bits per heavy atom. The minimum Gasteiger partial charge on any atom is -1.00 e. The smallest absolute Gasteiger partial charge is 1.00 e. The Morgan fingerprint density at radius 1 is 0.800 bits per heavy atom. The first-order valence-corrected chi connectivity index (χ1v) is 6.83. The van der Waals surface area contributed by atoms with Gasteiger partial charge in [0, 0.05) is 17.1 Å². The third kappa shape index (κ3) is 15.9. The van der Waals surface area contributed by atoms with Gasteiger partial charge in [-0.15, -0.1) is 0 Å². The average molecular weight is 338 g/mol. The van der Waals surface area contributed by atoms with E-state index in [4.69, 9.17) is 24.5 Å². The first-order chi connectivity index (χ1) is 5.41. The van der Waals surface area contributed by atoms with Crippen LogP contribution in [0.2, 0.25) is 0 Å². The molecule has 0 saturated heterocycles. The maximum atomic E-state index is 10.4. The van der Waals surface area contributed by atoms with Gasteiger partial charge in [0.2, 0.25) is 0 Å². The van der Waals surface area contributed by atoms with E-state index in [0.29, 0.717) is 0 Å². The van der Waals surface area contributed by atoms with E-state index in [1.54, 1.807) is 0 Å². The van der Waals surface area contributed by atoms with Gasteiger partial charge in [-0.2, -0.15) is 8.62 Å². The Kier molecular flexibility index (Phi) is 10.9. The van der Waals surface area contributed by atoms with E-state index in [0.717, 1.165) is 0 Å². The molecule has 0 fully saturated rings. The molecule has 0 spiro atoms. The molecule has 0 rings (SSSR count). The van der Waals surface area contributed by atoms with E-state index in [2.05, 4.69) is 8.62 Å². The maximum absolute atomic E-state index is 10.4. The van der Waals surface area contributed by atoms with Crippen LogP contribution in [0.1, 0.15) is 1.43 Å². The molecule has 15 heavy (non-hydrogen) atoms. The van der Waals surface area contributed by atoms with Crippen LogP contribution in [0.25, 0.3) is 0 Å².